The summed E-state index contributed by atoms with van der Waals surface area (Å²) in [6.45, 7) is 2.93. The molecule has 1 heterocycles. The number of hydrogen-bond donors (Lipinski definition) is 2. The number of nitrogens with one attached hydrogen (secondary N) is 2. The largest absolute Gasteiger partial charge is 0.448 e. The topological polar surface area (TPSA) is 111 Å². The number of oxazole rings is 1. The minimum absolute atomic E-state index is 0.0200. The lowest BCUT2D eigenvalue weighted by atomic mass is 10.2. The third-order valence-electron chi connectivity index (χ3n) is 3.13. The fourth-order valence-corrected chi connectivity index (χ4v) is 1.84. The Hall–Kier alpha value is -3.16. The van der Waals surface area contributed by atoms with Crippen LogP contribution >= 0.6 is 0 Å². The van der Waals surface area contributed by atoms with Gasteiger partial charge in [0.05, 0.1) is 0 Å². The summed E-state index contributed by atoms with van der Waals surface area (Å²) in [6.07, 6.45) is -1.16. The number of urea groups is 1. The van der Waals surface area contributed by atoms with Crippen molar-refractivity contribution in [3.63, 3.8) is 0 Å². The van der Waals surface area contributed by atoms with Crippen LogP contribution in [0.25, 0.3) is 11.5 Å². The van der Waals surface area contributed by atoms with Crippen molar-refractivity contribution >= 4 is 17.9 Å². The number of ether oxygens (including phenoxy) is 1. The Bertz CT molecular complexity index is 754. The lowest BCUT2D eigenvalue weighted by Crippen LogP contribution is -2.43. The number of nitrogens with zero attached hydrogens (tertiary/aromatic N) is 1. The van der Waals surface area contributed by atoms with Gasteiger partial charge in [0.15, 0.2) is 11.8 Å². The summed E-state index contributed by atoms with van der Waals surface area (Å²) >= 11 is 0. The van der Waals surface area contributed by atoms with E-state index >= 15 is 0 Å². The molecule has 8 nitrogen and oxygen atoms in total. The van der Waals surface area contributed by atoms with Crippen molar-refractivity contribution in [2.45, 2.75) is 20.0 Å². The van der Waals surface area contributed by atoms with Crippen molar-refractivity contribution in [1.82, 2.24) is 15.6 Å². The Morgan fingerprint density at radius 1 is 1.21 bits per heavy atom. The lowest BCUT2D eigenvalue weighted by Gasteiger charge is -2.11. The molecule has 0 aliphatic rings. The summed E-state index contributed by atoms with van der Waals surface area (Å²) in [4.78, 5) is 39.1. The van der Waals surface area contributed by atoms with E-state index in [0.29, 0.717) is 5.56 Å². The van der Waals surface area contributed by atoms with Gasteiger partial charge in [-0.3, -0.25) is 10.1 Å². The maximum atomic E-state index is 12.2. The summed E-state index contributed by atoms with van der Waals surface area (Å²) in [5.74, 6) is -0.995. The highest BCUT2D eigenvalue weighted by Crippen LogP contribution is 2.22. The van der Waals surface area contributed by atoms with Gasteiger partial charge in [-0.05, 0) is 26.0 Å². The van der Waals surface area contributed by atoms with E-state index < -0.39 is 24.0 Å². The first-order chi connectivity index (χ1) is 11.4. The van der Waals surface area contributed by atoms with Crippen LogP contribution in [0.1, 0.15) is 23.2 Å². The molecule has 2 N–H and O–H groups in total. The van der Waals surface area contributed by atoms with Crippen molar-refractivity contribution in [1.29, 1.82) is 0 Å². The summed E-state index contributed by atoms with van der Waals surface area (Å²) in [6, 6.07) is 8.38. The van der Waals surface area contributed by atoms with E-state index in [2.05, 4.69) is 10.3 Å². The van der Waals surface area contributed by atoms with Gasteiger partial charge in [0.25, 0.3) is 5.91 Å². The van der Waals surface area contributed by atoms with Gasteiger partial charge < -0.3 is 14.5 Å². The van der Waals surface area contributed by atoms with E-state index in [9.17, 15) is 14.4 Å². The molecule has 0 radical (unpaired) electrons. The molecule has 3 amide bonds. The van der Waals surface area contributed by atoms with Crippen LogP contribution in [0.5, 0.6) is 0 Å². The average Bonchev–Trinajstić information content (AvgIpc) is 2.97. The van der Waals surface area contributed by atoms with Crippen LogP contribution in [0.4, 0.5) is 4.79 Å². The maximum absolute atomic E-state index is 12.2. The number of carbonyl (C=O) groups excluding carboxylic acids is 3. The molecular weight excluding hydrogens is 314 g/mol. The Morgan fingerprint density at radius 3 is 2.50 bits per heavy atom. The summed E-state index contributed by atoms with van der Waals surface area (Å²) in [5.41, 5.74) is 0.693. The second kappa shape index (κ2) is 7.40. The Kier molecular flexibility index (Phi) is 5.31. The molecule has 2 aromatic rings. The van der Waals surface area contributed by atoms with Gasteiger partial charge in [0.2, 0.25) is 5.89 Å². The van der Waals surface area contributed by atoms with Gasteiger partial charge in [0, 0.05) is 12.6 Å². The molecular formula is C16H17N3O5. The monoisotopic (exact) mass is 331 g/mol. The van der Waals surface area contributed by atoms with Crippen LogP contribution in [0.15, 0.2) is 34.7 Å². The summed E-state index contributed by atoms with van der Waals surface area (Å²) in [7, 11) is 1.36. The Labute approximate surface area is 138 Å². The molecule has 0 fully saturated rings. The molecule has 0 aliphatic carbocycles. The molecule has 1 aromatic heterocycles. The Balaban J connectivity index is 2.09. The van der Waals surface area contributed by atoms with Gasteiger partial charge in [0.1, 0.15) is 5.76 Å². The van der Waals surface area contributed by atoms with E-state index in [1.807, 2.05) is 23.5 Å². The third kappa shape index (κ3) is 3.97. The minimum atomic E-state index is -1.16. The zero-order valence-electron chi connectivity index (χ0n) is 13.5. The van der Waals surface area contributed by atoms with Crippen molar-refractivity contribution in [2.24, 2.45) is 0 Å². The molecule has 0 aliphatic heterocycles. The summed E-state index contributed by atoms with van der Waals surface area (Å²) in [5, 5.41) is 4.25. The lowest BCUT2D eigenvalue weighted by molar-refractivity contribution is -0.127. The quantitative estimate of drug-likeness (QED) is 0.824. The molecule has 0 bridgehead atoms. The molecule has 1 atom stereocenters. The fourth-order valence-electron chi connectivity index (χ4n) is 1.84. The van der Waals surface area contributed by atoms with Crippen LogP contribution in [-0.2, 0) is 9.53 Å². The number of carbonyl (C=O) groups is 3. The predicted molar refractivity (Wildman–Crippen MR) is 84.2 cm³/mol. The minimum Gasteiger partial charge on any atom is -0.448 e. The predicted octanol–water partition coefficient (Wildman–Crippen LogP) is 1.65. The van der Waals surface area contributed by atoms with Crippen molar-refractivity contribution in [2.75, 3.05) is 7.05 Å². The molecule has 0 saturated heterocycles. The number of aromatic nitrogens is 1. The zero-order chi connectivity index (χ0) is 17.7. The van der Waals surface area contributed by atoms with Crippen LogP contribution in [0, 0.1) is 6.92 Å². The van der Waals surface area contributed by atoms with Crippen LogP contribution in [-0.4, -0.2) is 36.0 Å². The average molecular weight is 331 g/mol. The molecule has 0 saturated carbocycles. The van der Waals surface area contributed by atoms with E-state index in [0.717, 1.165) is 0 Å². The number of aryl methyl sites for hydroxylation is 1. The van der Waals surface area contributed by atoms with Crippen molar-refractivity contribution in [3.05, 3.63) is 41.8 Å². The van der Waals surface area contributed by atoms with Gasteiger partial charge in [-0.15, -0.1) is 0 Å². The normalized spacial score (nSPS) is 11.5. The molecule has 0 unspecified atom stereocenters. The zero-order valence-corrected chi connectivity index (χ0v) is 13.5. The van der Waals surface area contributed by atoms with Gasteiger partial charge in [-0.25, -0.2) is 14.6 Å². The SMILES string of the molecule is CNC(=O)NC(=O)[C@@H](C)OC(=O)c1nc(-c2ccccc2)oc1C. The van der Waals surface area contributed by atoms with E-state index in [-0.39, 0.29) is 17.3 Å². The van der Waals surface area contributed by atoms with E-state index in [4.69, 9.17) is 9.15 Å². The van der Waals surface area contributed by atoms with Gasteiger partial charge in [-0.1, -0.05) is 18.2 Å². The number of hydrogen-bond acceptors (Lipinski definition) is 6. The third-order valence-corrected chi connectivity index (χ3v) is 3.13. The van der Waals surface area contributed by atoms with Crippen LogP contribution < -0.4 is 10.6 Å². The molecule has 2 rings (SSSR count). The van der Waals surface area contributed by atoms with E-state index in [1.54, 1.807) is 19.1 Å². The summed E-state index contributed by atoms with van der Waals surface area (Å²) < 4.78 is 10.5. The fraction of sp³-hybridized carbons (Fsp3) is 0.250. The van der Waals surface area contributed by atoms with Gasteiger partial charge >= 0.3 is 12.0 Å². The number of imide groups is 1. The number of amides is 3. The molecule has 1 aromatic carbocycles. The van der Waals surface area contributed by atoms with Crippen molar-refractivity contribution < 1.29 is 23.5 Å². The highest BCUT2D eigenvalue weighted by atomic mass is 16.5. The molecule has 8 heteroatoms. The first kappa shape index (κ1) is 17.2. The molecule has 126 valence electrons. The Morgan fingerprint density at radius 2 is 1.88 bits per heavy atom. The maximum Gasteiger partial charge on any atom is 0.361 e. The smallest absolute Gasteiger partial charge is 0.361 e. The number of esters is 1. The van der Waals surface area contributed by atoms with Crippen LogP contribution in [0.2, 0.25) is 0 Å². The standard InChI is InChI=1S/C16H17N3O5/c1-9-12(18-14(23-9)11-7-5-4-6-8-11)15(21)24-10(2)13(20)19-16(22)17-3/h4-8,10H,1-3H3,(H2,17,19,20,22)/t10-/m1/s1. The second-order valence-electron chi connectivity index (χ2n) is 4.91. The molecule has 0 spiro atoms. The van der Waals surface area contributed by atoms with Gasteiger partial charge in [-0.2, -0.15) is 0 Å². The second-order valence-corrected chi connectivity index (χ2v) is 4.91. The van der Waals surface area contributed by atoms with Crippen LogP contribution in [0.3, 0.4) is 0 Å². The highest BCUT2D eigenvalue weighted by Gasteiger charge is 2.25. The highest BCUT2D eigenvalue weighted by molar-refractivity contribution is 5.98. The first-order valence-corrected chi connectivity index (χ1v) is 7.18. The van der Waals surface area contributed by atoms with E-state index in [1.165, 1.54) is 14.0 Å². The molecule has 24 heavy (non-hydrogen) atoms. The number of benzene rings is 1. The number of rotatable bonds is 4. The van der Waals surface area contributed by atoms with Crippen molar-refractivity contribution in [3.8, 4) is 11.5 Å². The first-order valence-electron chi connectivity index (χ1n) is 7.18.